The van der Waals surface area contributed by atoms with Crippen LogP contribution in [0.15, 0.2) is 24.3 Å². The predicted molar refractivity (Wildman–Crippen MR) is 63.2 cm³/mol. The summed E-state index contributed by atoms with van der Waals surface area (Å²) in [5.74, 6) is -8.81. The van der Waals surface area contributed by atoms with Crippen LogP contribution in [0, 0.1) is 0 Å². The number of allylic oxidation sites excluding steroid dienone is 2. The van der Waals surface area contributed by atoms with Crippen LogP contribution >= 0.6 is 0 Å². The molecule has 0 saturated carbocycles. The maximum atomic E-state index is 14.6. The summed E-state index contributed by atoms with van der Waals surface area (Å²) in [6.07, 6.45) is -1.15. The third kappa shape index (κ3) is 2.30. The van der Waals surface area contributed by atoms with E-state index in [1.165, 1.54) is 0 Å². The summed E-state index contributed by atoms with van der Waals surface area (Å²) < 4.78 is 83.9. The lowest BCUT2D eigenvalue weighted by molar-refractivity contribution is -0.240. The average Bonchev–Trinajstić information content (AvgIpc) is 2.24. The third-order valence-electron chi connectivity index (χ3n) is 3.26. The first-order valence-electron chi connectivity index (χ1n) is 5.65. The SMILES string of the molecule is C=C(C)C(F)(F)C(F)(CC)C(F)(C(=C)C)C(C)(F)F. The van der Waals surface area contributed by atoms with Gasteiger partial charge < -0.3 is 0 Å². The van der Waals surface area contributed by atoms with Crippen molar-refractivity contribution in [3.63, 3.8) is 0 Å². The van der Waals surface area contributed by atoms with Crippen LogP contribution in [0.1, 0.15) is 34.1 Å². The fourth-order valence-corrected chi connectivity index (χ4v) is 2.08. The fraction of sp³-hybridized carbons (Fsp3) is 0.692. The number of alkyl halides is 6. The van der Waals surface area contributed by atoms with E-state index in [2.05, 4.69) is 13.2 Å². The van der Waals surface area contributed by atoms with E-state index in [1.54, 1.807) is 0 Å². The minimum Gasteiger partial charge on any atom is -0.233 e. The first-order valence-corrected chi connectivity index (χ1v) is 5.65. The molecule has 0 aromatic carbocycles. The molecule has 0 N–H and O–H groups in total. The highest BCUT2D eigenvalue weighted by Crippen LogP contribution is 2.56. The Morgan fingerprint density at radius 3 is 1.42 bits per heavy atom. The first-order chi connectivity index (χ1) is 8.20. The maximum Gasteiger partial charge on any atom is 0.305 e. The molecular formula is C13H18F6. The van der Waals surface area contributed by atoms with Gasteiger partial charge in [-0.05, 0) is 31.4 Å². The topological polar surface area (TPSA) is 0 Å². The quantitative estimate of drug-likeness (QED) is 0.462. The number of hydrogen-bond acceptors (Lipinski definition) is 0. The average molecular weight is 288 g/mol. The molecule has 0 aromatic heterocycles. The Morgan fingerprint density at radius 1 is 0.895 bits per heavy atom. The highest BCUT2D eigenvalue weighted by Gasteiger charge is 2.75. The molecule has 0 radical (unpaired) electrons. The molecule has 2 atom stereocenters. The third-order valence-corrected chi connectivity index (χ3v) is 3.26. The van der Waals surface area contributed by atoms with Crippen LogP contribution in [0.4, 0.5) is 26.3 Å². The van der Waals surface area contributed by atoms with E-state index in [0.717, 1.165) is 20.8 Å². The van der Waals surface area contributed by atoms with Crippen LogP contribution in [0.3, 0.4) is 0 Å². The van der Waals surface area contributed by atoms with E-state index in [0.29, 0.717) is 0 Å². The summed E-state index contributed by atoms with van der Waals surface area (Å²) in [5, 5.41) is 0. The zero-order chi connectivity index (χ0) is 15.9. The molecule has 0 aliphatic rings. The van der Waals surface area contributed by atoms with Gasteiger partial charge in [0.15, 0.2) is 0 Å². The van der Waals surface area contributed by atoms with Crippen LogP contribution in [-0.2, 0) is 0 Å². The van der Waals surface area contributed by atoms with Crippen molar-refractivity contribution in [3.8, 4) is 0 Å². The lowest BCUT2D eigenvalue weighted by atomic mass is 9.70. The highest BCUT2D eigenvalue weighted by molar-refractivity contribution is 5.31. The van der Waals surface area contributed by atoms with Gasteiger partial charge in [0, 0.05) is 6.92 Å². The molecule has 0 aliphatic carbocycles. The molecule has 0 fully saturated rings. The van der Waals surface area contributed by atoms with Crippen LogP contribution in [0.2, 0.25) is 0 Å². The summed E-state index contributed by atoms with van der Waals surface area (Å²) in [7, 11) is 0. The first kappa shape index (κ1) is 18.1. The number of halogens is 6. The van der Waals surface area contributed by atoms with Crippen molar-refractivity contribution >= 4 is 0 Å². The molecule has 0 heterocycles. The van der Waals surface area contributed by atoms with Crippen molar-refractivity contribution in [1.82, 2.24) is 0 Å². The summed E-state index contributed by atoms with van der Waals surface area (Å²) >= 11 is 0. The van der Waals surface area contributed by atoms with E-state index in [9.17, 15) is 26.3 Å². The highest BCUT2D eigenvalue weighted by atomic mass is 19.3. The Kier molecular flexibility index (Phi) is 4.63. The second-order valence-corrected chi connectivity index (χ2v) is 4.84. The Morgan fingerprint density at radius 2 is 1.26 bits per heavy atom. The predicted octanol–water partition coefficient (Wildman–Crippen LogP) is 5.26. The summed E-state index contributed by atoms with van der Waals surface area (Å²) in [4.78, 5) is 0. The molecule has 0 spiro atoms. The lowest BCUT2D eigenvalue weighted by Gasteiger charge is -2.46. The van der Waals surface area contributed by atoms with Gasteiger partial charge in [-0.1, -0.05) is 20.1 Å². The van der Waals surface area contributed by atoms with Crippen molar-refractivity contribution in [2.75, 3.05) is 0 Å². The zero-order valence-corrected chi connectivity index (χ0v) is 11.4. The van der Waals surface area contributed by atoms with Crippen LogP contribution in [-0.4, -0.2) is 23.2 Å². The Balaban J connectivity index is 6.34. The summed E-state index contributed by atoms with van der Waals surface area (Å²) in [6, 6.07) is 0. The molecule has 6 heteroatoms. The number of hydrogen-bond donors (Lipinski definition) is 0. The smallest absolute Gasteiger partial charge is 0.233 e. The van der Waals surface area contributed by atoms with Crippen LogP contribution < -0.4 is 0 Å². The molecule has 112 valence electrons. The minimum absolute atomic E-state index is 0.0557. The second kappa shape index (κ2) is 4.87. The van der Waals surface area contributed by atoms with Gasteiger partial charge in [-0.15, -0.1) is 0 Å². The minimum atomic E-state index is -4.45. The van der Waals surface area contributed by atoms with Gasteiger partial charge in [0.05, 0.1) is 0 Å². The van der Waals surface area contributed by atoms with E-state index >= 15 is 0 Å². The van der Waals surface area contributed by atoms with Crippen LogP contribution in [0.25, 0.3) is 0 Å². The largest absolute Gasteiger partial charge is 0.305 e. The molecule has 0 nitrogen and oxygen atoms in total. The molecule has 0 amide bonds. The maximum absolute atomic E-state index is 14.6. The van der Waals surface area contributed by atoms with E-state index in [-0.39, 0.29) is 6.92 Å². The molecular weight excluding hydrogens is 270 g/mol. The zero-order valence-electron chi connectivity index (χ0n) is 11.4. The van der Waals surface area contributed by atoms with Crippen molar-refractivity contribution in [2.45, 2.75) is 57.3 Å². The molecule has 19 heavy (non-hydrogen) atoms. The Bertz CT molecular complexity index is 381. The molecule has 0 rings (SSSR count). The van der Waals surface area contributed by atoms with Gasteiger partial charge >= 0.3 is 5.92 Å². The summed E-state index contributed by atoms with van der Waals surface area (Å²) in [6.45, 7) is 8.24. The van der Waals surface area contributed by atoms with Crippen molar-refractivity contribution in [2.24, 2.45) is 0 Å². The van der Waals surface area contributed by atoms with Crippen molar-refractivity contribution in [1.29, 1.82) is 0 Å². The standard InChI is InChI=1S/C13H18F6/c1-7-11(16,13(18,19)9(4)5)12(17,8(2)3)10(6,14)15/h2,4,7H2,1,3,5-6H3. The molecule has 0 saturated heterocycles. The molecule has 0 bridgehead atoms. The second-order valence-electron chi connectivity index (χ2n) is 4.84. The van der Waals surface area contributed by atoms with Gasteiger partial charge in [-0.3, -0.25) is 0 Å². The van der Waals surface area contributed by atoms with Gasteiger partial charge in [-0.25, -0.2) is 17.6 Å². The number of rotatable bonds is 6. The van der Waals surface area contributed by atoms with E-state index < -0.39 is 40.7 Å². The van der Waals surface area contributed by atoms with E-state index in [4.69, 9.17) is 0 Å². The van der Waals surface area contributed by atoms with Gasteiger partial charge in [-0.2, -0.15) is 8.78 Å². The fourth-order valence-electron chi connectivity index (χ4n) is 2.08. The Hall–Kier alpha value is -0.940. The van der Waals surface area contributed by atoms with Crippen LogP contribution in [0.5, 0.6) is 0 Å². The molecule has 0 aliphatic heterocycles. The Labute approximate surface area is 109 Å². The van der Waals surface area contributed by atoms with E-state index in [1.807, 2.05) is 0 Å². The van der Waals surface area contributed by atoms with Gasteiger partial charge in [0.25, 0.3) is 5.92 Å². The van der Waals surface area contributed by atoms with Crippen molar-refractivity contribution < 1.29 is 26.3 Å². The molecule has 0 aromatic rings. The van der Waals surface area contributed by atoms with Gasteiger partial charge in [0.2, 0.25) is 11.3 Å². The lowest BCUT2D eigenvalue weighted by Crippen LogP contribution is -2.66. The van der Waals surface area contributed by atoms with Gasteiger partial charge in [0.1, 0.15) is 0 Å². The molecule has 2 unspecified atom stereocenters. The van der Waals surface area contributed by atoms with Crippen molar-refractivity contribution in [3.05, 3.63) is 24.3 Å². The summed E-state index contributed by atoms with van der Waals surface area (Å²) in [5.41, 5.74) is -10.3. The monoisotopic (exact) mass is 288 g/mol. The normalized spacial score (nSPS) is 19.5.